The predicted octanol–water partition coefficient (Wildman–Crippen LogP) is 3.97. The fourth-order valence-corrected chi connectivity index (χ4v) is 2.60. The van der Waals surface area contributed by atoms with Crippen LogP contribution in [0.2, 0.25) is 0 Å². The zero-order valence-electron chi connectivity index (χ0n) is 15.4. The summed E-state index contributed by atoms with van der Waals surface area (Å²) in [5.74, 6) is 2.45. The van der Waals surface area contributed by atoms with E-state index in [1.807, 2.05) is 30.3 Å². The average Bonchev–Trinajstić information content (AvgIpc) is 2.98. The van der Waals surface area contributed by atoms with E-state index >= 15 is 0 Å². The minimum atomic E-state index is -0.136. The minimum Gasteiger partial charge on any atom is -0.378 e. The van der Waals surface area contributed by atoms with Gasteiger partial charge in [-0.3, -0.25) is 0 Å². The fourth-order valence-electron chi connectivity index (χ4n) is 2.60. The third-order valence-electron chi connectivity index (χ3n) is 3.92. The third kappa shape index (κ3) is 3.96. The van der Waals surface area contributed by atoms with E-state index in [0.29, 0.717) is 6.61 Å². The van der Waals surface area contributed by atoms with Crippen LogP contribution in [0, 0.1) is 0 Å². The van der Waals surface area contributed by atoms with Gasteiger partial charge in [0.25, 0.3) is 0 Å². The lowest BCUT2D eigenvalue weighted by Gasteiger charge is -2.20. The predicted molar refractivity (Wildman–Crippen MR) is 99.6 cm³/mol. The molecule has 2 N–H and O–H groups in total. The lowest BCUT2D eigenvalue weighted by molar-refractivity contribution is 0.181. The Morgan fingerprint density at radius 1 is 1.16 bits per heavy atom. The van der Waals surface area contributed by atoms with Crippen LogP contribution >= 0.6 is 0 Å². The van der Waals surface area contributed by atoms with E-state index in [-0.39, 0.29) is 11.5 Å². The molecule has 0 aliphatic rings. The molecule has 132 valence electrons. The van der Waals surface area contributed by atoms with E-state index in [2.05, 4.69) is 52.9 Å². The summed E-state index contributed by atoms with van der Waals surface area (Å²) in [7, 11) is 1.67. The number of aromatic amines is 1. The molecule has 1 aromatic carbocycles. The van der Waals surface area contributed by atoms with Crippen molar-refractivity contribution in [2.24, 2.45) is 0 Å². The zero-order valence-corrected chi connectivity index (χ0v) is 15.4. The lowest BCUT2D eigenvalue weighted by Crippen LogP contribution is -2.19. The molecule has 0 aliphatic heterocycles. The van der Waals surface area contributed by atoms with Crippen molar-refractivity contribution >= 4 is 16.9 Å². The largest absolute Gasteiger partial charge is 0.378 e. The van der Waals surface area contributed by atoms with Crippen molar-refractivity contribution in [2.45, 2.75) is 45.8 Å². The summed E-state index contributed by atoms with van der Waals surface area (Å²) in [5.41, 5.74) is 2.72. The van der Waals surface area contributed by atoms with Crippen LogP contribution in [0.3, 0.4) is 0 Å². The van der Waals surface area contributed by atoms with Crippen LogP contribution in [-0.2, 0) is 16.8 Å². The molecule has 0 bridgehead atoms. The molecule has 3 aromatic rings. The molecule has 2 aromatic heterocycles. The number of benzene rings is 1. The van der Waals surface area contributed by atoms with E-state index in [1.54, 1.807) is 7.11 Å². The SMILES string of the molecule is COCc1cc(NC(C)c2nc3ccccc3[nH]2)nc(C(C)(C)C)n1. The first-order chi connectivity index (χ1) is 11.9. The van der Waals surface area contributed by atoms with Crippen molar-refractivity contribution < 1.29 is 4.74 Å². The van der Waals surface area contributed by atoms with Gasteiger partial charge in [-0.2, -0.15) is 0 Å². The number of imidazole rings is 1. The first kappa shape index (κ1) is 17.4. The maximum absolute atomic E-state index is 5.24. The van der Waals surface area contributed by atoms with Gasteiger partial charge in [0.2, 0.25) is 0 Å². The zero-order chi connectivity index (χ0) is 18.0. The van der Waals surface area contributed by atoms with E-state index in [4.69, 9.17) is 4.74 Å². The molecule has 25 heavy (non-hydrogen) atoms. The van der Waals surface area contributed by atoms with Crippen LogP contribution in [0.15, 0.2) is 30.3 Å². The molecule has 3 rings (SSSR count). The molecule has 0 amide bonds. The molecule has 0 saturated carbocycles. The number of fused-ring (bicyclic) bond motifs is 1. The highest BCUT2D eigenvalue weighted by Crippen LogP contribution is 2.23. The smallest absolute Gasteiger partial charge is 0.136 e. The number of hydrogen-bond acceptors (Lipinski definition) is 5. The molecule has 0 aliphatic carbocycles. The Labute approximate surface area is 148 Å². The molecule has 0 saturated heterocycles. The number of hydrogen-bond donors (Lipinski definition) is 2. The number of nitrogens with one attached hydrogen (secondary N) is 2. The lowest BCUT2D eigenvalue weighted by atomic mass is 9.95. The van der Waals surface area contributed by atoms with Gasteiger partial charge >= 0.3 is 0 Å². The maximum Gasteiger partial charge on any atom is 0.136 e. The van der Waals surface area contributed by atoms with Crippen LogP contribution in [0.5, 0.6) is 0 Å². The summed E-state index contributed by atoms with van der Waals surface area (Å²) in [5, 5.41) is 3.43. The van der Waals surface area contributed by atoms with Crippen molar-refractivity contribution in [3.63, 3.8) is 0 Å². The summed E-state index contributed by atoms with van der Waals surface area (Å²) in [4.78, 5) is 17.3. The number of anilines is 1. The second-order valence-corrected chi connectivity index (χ2v) is 7.26. The summed E-state index contributed by atoms with van der Waals surface area (Å²) in [6, 6.07) is 9.93. The third-order valence-corrected chi connectivity index (χ3v) is 3.92. The average molecular weight is 339 g/mol. The Balaban J connectivity index is 1.88. The molecule has 1 atom stereocenters. The molecular formula is C19H25N5O. The van der Waals surface area contributed by atoms with Crippen LogP contribution in [0.25, 0.3) is 11.0 Å². The number of rotatable bonds is 5. The standard InChI is InChI=1S/C19H25N5O/c1-12(17-22-14-8-6-7-9-15(14)23-17)20-16-10-13(11-25-5)21-18(24-16)19(2,3)4/h6-10,12H,11H2,1-5H3,(H,22,23)(H,20,21,24). The first-order valence-electron chi connectivity index (χ1n) is 8.45. The molecule has 6 nitrogen and oxygen atoms in total. The number of ether oxygens (including phenoxy) is 1. The van der Waals surface area contributed by atoms with Crippen molar-refractivity contribution in [1.29, 1.82) is 0 Å². The second kappa shape index (κ2) is 6.80. The molecule has 0 fully saturated rings. The van der Waals surface area contributed by atoms with E-state index in [1.165, 1.54) is 0 Å². The second-order valence-electron chi connectivity index (χ2n) is 7.26. The molecule has 1 unspecified atom stereocenters. The highest BCUT2D eigenvalue weighted by molar-refractivity contribution is 5.74. The molecular weight excluding hydrogens is 314 g/mol. The molecule has 0 spiro atoms. The number of para-hydroxylation sites is 2. The van der Waals surface area contributed by atoms with Crippen molar-refractivity contribution in [3.05, 3.63) is 47.7 Å². The van der Waals surface area contributed by atoms with Crippen molar-refractivity contribution in [2.75, 3.05) is 12.4 Å². The summed E-state index contributed by atoms with van der Waals surface area (Å²) in [6.07, 6.45) is 0. The number of aromatic nitrogens is 4. The number of nitrogens with zero attached hydrogens (tertiary/aromatic N) is 3. The Bertz CT molecular complexity index is 833. The Kier molecular flexibility index (Phi) is 4.72. The molecule has 6 heteroatoms. The monoisotopic (exact) mass is 339 g/mol. The van der Waals surface area contributed by atoms with Gasteiger partial charge in [-0.1, -0.05) is 32.9 Å². The van der Waals surface area contributed by atoms with Gasteiger partial charge < -0.3 is 15.0 Å². The topological polar surface area (TPSA) is 75.7 Å². The van der Waals surface area contributed by atoms with Crippen LogP contribution in [0.4, 0.5) is 5.82 Å². The van der Waals surface area contributed by atoms with Crippen LogP contribution in [-0.4, -0.2) is 27.0 Å². The van der Waals surface area contributed by atoms with E-state index in [9.17, 15) is 0 Å². The highest BCUT2D eigenvalue weighted by atomic mass is 16.5. The van der Waals surface area contributed by atoms with Crippen LogP contribution in [0.1, 0.15) is 51.1 Å². The summed E-state index contributed by atoms with van der Waals surface area (Å²) < 4.78 is 5.24. The fraction of sp³-hybridized carbons (Fsp3) is 0.421. The number of methoxy groups -OCH3 is 1. The molecule has 0 radical (unpaired) electrons. The van der Waals surface area contributed by atoms with Gasteiger partial charge in [-0.05, 0) is 19.1 Å². The Morgan fingerprint density at radius 2 is 1.92 bits per heavy atom. The van der Waals surface area contributed by atoms with Gasteiger partial charge in [0.1, 0.15) is 17.5 Å². The number of H-pyrrole nitrogens is 1. The van der Waals surface area contributed by atoms with Crippen molar-refractivity contribution in [3.8, 4) is 0 Å². The minimum absolute atomic E-state index is 0.00878. The van der Waals surface area contributed by atoms with E-state index < -0.39 is 0 Å². The normalized spacial score (nSPS) is 13.2. The van der Waals surface area contributed by atoms with Crippen LogP contribution < -0.4 is 5.32 Å². The van der Waals surface area contributed by atoms with Gasteiger partial charge in [-0.15, -0.1) is 0 Å². The highest BCUT2D eigenvalue weighted by Gasteiger charge is 2.20. The van der Waals surface area contributed by atoms with E-state index in [0.717, 1.165) is 34.2 Å². The first-order valence-corrected chi connectivity index (χ1v) is 8.45. The Morgan fingerprint density at radius 3 is 2.60 bits per heavy atom. The molecule has 2 heterocycles. The van der Waals surface area contributed by atoms with Crippen molar-refractivity contribution in [1.82, 2.24) is 19.9 Å². The van der Waals surface area contributed by atoms with Gasteiger partial charge in [-0.25, -0.2) is 15.0 Å². The summed E-state index contributed by atoms with van der Waals surface area (Å²) >= 11 is 0. The Hall–Kier alpha value is -2.47. The summed E-state index contributed by atoms with van der Waals surface area (Å²) in [6.45, 7) is 8.83. The van der Waals surface area contributed by atoms with Gasteiger partial charge in [0.15, 0.2) is 0 Å². The maximum atomic E-state index is 5.24. The quantitative estimate of drug-likeness (QED) is 0.735. The van der Waals surface area contributed by atoms with Gasteiger partial charge in [0, 0.05) is 18.6 Å². The van der Waals surface area contributed by atoms with Gasteiger partial charge in [0.05, 0.1) is 29.4 Å².